The fourth-order valence-electron chi connectivity index (χ4n) is 4.62. The molecule has 0 aromatic heterocycles. The van der Waals surface area contributed by atoms with Crippen molar-refractivity contribution in [1.29, 1.82) is 0 Å². The molecule has 1 amide bonds. The summed E-state index contributed by atoms with van der Waals surface area (Å²) in [5.74, 6) is 0.921. The van der Waals surface area contributed by atoms with Gasteiger partial charge in [-0.1, -0.05) is 11.6 Å². The van der Waals surface area contributed by atoms with Gasteiger partial charge in [0.1, 0.15) is 0 Å². The summed E-state index contributed by atoms with van der Waals surface area (Å²) < 4.78 is 11.7. The molecule has 3 aliphatic rings. The van der Waals surface area contributed by atoms with E-state index in [4.69, 9.17) is 9.47 Å². The molecular weight excluding hydrogens is 302 g/mol. The maximum Gasteiger partial charge on any atom is 0.226 e. The Morgan fingerprint density at radius 3 is 2.92 bits per heavy atom. The molecule has 2 aliphatic heterocycles. The topological polar surface area (TPSA) is 38.8 Å². The number of amides is 1. The fraction of sp³-hybridized carbons (Fsp3) is 0.850. The van der Waals surface area contributed by atoms with Crippen LogP contribution in [0.2, 0.25) is 0 Å². The van der Waals surface area contributed by atoms with Gasteiger partial charge in [-0.25, -0.2) is 0 Å². The highest BCUT2D eigenvalue weighted by atomic mass is 16.5. The summed E-state index contributed by atoms with van der Waals surface area (Å²) in [6.07, 6.45) is 12.0. The van der Waals surface area contributed by atoms with Gasteiger partial charge >= 0.3 is 0 Å². The zero-order valence-corrected chi connectivity index (χ0v) is 15.2. The standard InChI is InChI=1S/C20H33NO3/c1-2-23-14-8-18-9-15-24-20(18)10-12-21(13-11-20)19(22)16-17-6-4-3-5-7-17/h6,18H,2-5,7-16H2,1H3/t18-/m0/s1. The third kappa shape index (κ3) is 4.20. The second kappa shape index (κ2) is 8.48. The Bertz CT molecular complexity index is 452. The van der Waals surface area contributed by atoms with Crippen LogP contribution in [0.4, 0.5) is 0 Å². The van der Waals surface area contributed by atoms with E-state index in [0.717, 1.165) is 71.4 Å². The minimum atomic E-state index is 0.0119. The van der Waals surface area contributed by atoms with Crippen molar-refractivity contribution < 1.29 is 14.3 Å². The third-order valence-electron chi connectivity index (χ3n) is 6.14. The number of likely N-dealkylation sites (tertiary alicyclic amines) is 1. The van der Waals surface area contributed by atoms with E-state index in [-0.39, 0.29) is 5.60 Å². The zero-order chi connectivity index (χ0) is 16.8. The Kier molecular flexibility index (Phi) is 6.34. The molecule has 24 heavy (non-hydrogen) atoms. The molecule has 3 rings (SSSR count). The number of nitrogens with zero attached hydrogens (tertiary/aromatic N) is 1. The normalized spacial score (nSPS) is 26.6. The highest BCUT2D eigenvalue weighted by Gasteiger charge is 2.46. The maximum absolute atomic E-state index is 12.6. The van der Waals surface area contributed by atoms with Gasteiger partial charge in [-0.05, 0) is 64.2 Å². The van der Waals surface area contributed by atoms with Crippen LogP contribution in [0.3, 0.4) is 0 Å². The van der Waals surface area contributed by atoms with Crippen LogP contribution in [0, 0.1) is 5.92 Å². The first-order valence-electron chi connectivity index (χ1n) is 9.91. The average Bonchev–Trinajstić information content (AvgIpc) is 2.99. The minimum Gasteiger partial charge on any atom is -0.382 e. The van der Waals surface area contributed by atoms with Crippen molar-refractivity contribution in [2.45, 2.75) is 70.3 Å². The largest absolute Gasteiger partial charge is 0.382 e. The van der Waals surface area contributed by atoms with Gasteiger partial charge in [0, 0.05) is 39.3 Å². The molecule has 2 fully saturated rings. The van der Waals surface area contributed by atoms with Crippen LogP contribution in [0.25, 0.3) is 0 Å². The van der Waals surface area contributed by atoms with Gasteiger partial charge in [-0.3, -0.25) is 4.79 Å². The minimum absolute atomic E-state index is 0.0119. The SMILES string of the molecule is CCOCC[C@H]1CCOC12CCN(C(=O)CC1=CCCCC1)CC2. The second-order valence-electron chi connectivity index (χ2n) is 7.55. The number of rotatable bonds is 6. The molecule has 0 N–H and O–H groups in total. The number of hydrogen-bond acceptors (Lipinski definition) is 3. The van der Waals surface area contributed by atoms with E-state index < -0.39 is 0 Å². The summed E-state index contributed by atoms with van der Waals surface area (Å²) in [5.41, 5.74) is 1.37. The average molecular weight is 335 g/mol. The molecule has 0 unspecified atom stereocenters. The number of carbonyl (C=O) groups excluding carboxylic acids is 1. The summed E-state index contributed by atoms with van der Waals surface area (Å²) >= 11 is 0. The molecule has 1 aliphatic carbocycles. The van der Waals surface area contributed by atoms with Crippen molar-refractivity contribution >= 4 is 5.91 Å². The highest BCUT2D eigenvalue weighted by Crippen LogP contribution is 2.42. The Balaban J connectivity index is 1.49. The molecule has 0 bridgehead atoms. The van der Waals surface area contributed by atoms with Crippen LogP contribution < -0.4 is 0 Å². The van der Waals surface area contributed by atoms with Crippen molar-refractivity contribution in [3.05, 3.63) is 11.6 Å². The summed E-state index contributed by atoms with van der Waals surface area (Å²) in [4.78, 5) is 14.7. The van der Waals surface area contributed by atoms with Crippen molar-refractivity contribution in [2.75, 3.05) is 32.9 Å². The first kappa shape index (κ1) is 17.9. The van der Waals surface area contributed by atoms with Gasteiger partial charge in [0.2, 0.25) is 5.91 Å². The molecular formula is C20H33NO3. The molecule has 0 radical (unpaired) electrons. The summed E-state index contributed by atoms with van der Waals surface area (Å²) in [5, 5.41) is 0. The number of allylic oxidation sites excluding steroid dienone is 1. The first-order chi connectivity index (χ1) is 11.7. The lowest BCUT2D eigenvalue weighted by Crippen LogP contribution is -2.49. The Hall–Kier alpha value is -0.870. The van der Waals surface area contributed by atoms with Crippen molar-refractivity contribution in [3.8, 4) is 0 Å². The Labute approximate surface area is 146 Å². The van der Waals surface area contributed by atoms with Crippen LogP contribution in [-0.2, 0) is 14.3 Å². The van der Waals surface area contributed by atoms with Crippen molar-refractivity contribution in [1.82, 2.24) is 4.90 Å². The molecule has 0 saturated carbocycles. The Morgan fingerprint density at radius 2 is 2.21 bits per heavy atom. The fourth-order valence-corrected chi connectivity index (χ4v) is 4.62. The summed E-state index contributed by atoms with van der Waals surface area (Å²) in [6, 6.07) is 0. The van der Waals surface area contributed by atoms with Gasteiger partial charge in [0.05, 0.1) is 5.60 Å². The van der Waals surface area contributed by atoms with Gasteiger partial charge in [0.15, 0.2) is 0 Å². The maximum atomic E-state index is 12.6. The van der Waals surface area contributed by atoms with E-state index in [1.165, 1.54) is 18.4 Å². The number of piperidine rings is 1. The monoisotopic (exact) mass is 335 g/mol. The number of ether oxygens (including phenoxy) is 2. The van der Waals surface area contributed by atoms with E-state index in [9.17, 15) is 4.79 Å². The van der Waals surface area contributed by atoms with E-state index in [1.54, 1.807) is 0 Å². The summed E-state index contributed by atoms with van der Waals surface area (Å²) in [7, 11) is 0. The first-order valence-corrected chi connectivity index (χ1v) is 9.91. The molecule has 4 heteroatoms. The van der Waals surface area contributed by atoms with Crippen molar-refractivity contribution in [3.63, 3.8) is 0 Å². The lowest BCUT2D eigenvalue weighted by molar-refractivity contribution is -0.137. The molecule has 2 saturated heterocycles. The van der Waals surface area contributed by atoms with E-state index in [2.05, 4.69) is 11.0 Å². The van der Waals surface area contributed by atoms with Crippen LogP contribution in [0.15, 0.2) is 11.6 Å². The third-order valence-corrected chi connectivity index (χ3v) is 6.14. The van der Waals surface area contributed by atoms with E-state index in [0.29, 0.717) is 18.2 Å². The quantitative estimate of drug-likeness (QED) is 0.549. The van der Waals surface area contributed by atoms with E-state index >= 15 is 0 Å². The smallest absolute Gasteiger partial charge is 0.226 e. The second-order valence-corrected chi connectivity index (χ2v) is 7.55. The van der Waals surface area contributed by atoms with Gasteiger partial charge in [-0.2, -0.15) is 0 Å². The predicted molar refractivity (Wildman–Crippen MR) is 94.9 cm³/mol. The predicted octanol–water partition coefficient (Wildman–Crippen LogP) is 3.70. The molecule has 1 atom stereocenters. The lowest BCUT2D eigenvalue weighted by atomic mass is 9.78. The molecule has 136 valence electrons. The molecule has 4 nitrogen and oxygen atoms in total. The Morgan fingerprint density at radius 1 is 1.38 bits per heavy atom. The number of hydrogen-bond donors (Lipinski definition) is 0. The van der Waals surface area contributed by atoms with Crippen LogP contribution in [0.5, 0.6) is 0 Å². The zero-order valence-electron chi connectivity index (χ0n) is 15.2. The van der Waals surface area contributed by atoms with Gasteiger partial charge < -0.3 is 14.4 Å². The number of carbonyl (C=O) groups is 1. The van der Waals surface area contributed by atoms with Gasteiger partial charge in [-0.15, -0.1) is 0 Å². The molecule has 0 aromatic carbocycles. The van der Waals surface area contributed by atoms with Gasteiger partial charge in [0.25, 0.3) is 0 Å². The molecule has 1 spiro atoms. The van der Waals surface area contributed by atoms with E-state index in [1.807, 2.05) is 6.92 Å². The molecule has 0 aromatic rings. The van der Waals surface area contributed by atoms with Crippen LogP contribution >= 0.6 is 0 Å². The van der Waals surface area contributed by atoms with Crippen molar-refractivity contribution in [2.24, 2.45) is 5.92 Å². The van der Waals surface area contributed by atoms with Crippen LogP contribution in [-0.4, -0.2) is 49.3 Å². The van der Waals surface area contributed by atoms with Crippen LogP contribution in [0.1, 0.15) is 64.7 Å². The lowest BCUT2D eigenvalue weighted by Gasteiger charge is -2.42. The summed E-state index contributed by atoms with van der Waals surface area (Å²) in [6.45, 7) is 6.26. The molecule has 2 heterocycles. The highest BCUT2D eigenvalue weighted by molar-refractivity contribution is 5.78.